The van der Waals surface area contributed by atoms with Gasteiger partial charge in [0.05, 0.1) is 0 Å². The van der Waals surface area contributed by atoms with Crippen LogP contribution in [-0.2, 0) is 6.42 Å². The first-order chi connectivity index (χ1) is 15.1. The van der Waals surface area contributed by atoms with Crippen LogP contribution in [0.15, 0.2) is 36.9 Å². The number of benzene rings is 2. The Bertz CT molecular complexity index is 899. The monoisotopic (exact) mass is 424 g/mol. The van der Waals surface area contributed by atoms with E-state index in [1.54, 1.807) is 12.1 Å². The Hall–Kier alpha value is -1.70. The van der Waals surface area contributed by atoms with Crippen molar-refractivity contribution >= 4 is 10.8 Å². The summed E-state index contributed by atoms with van der Waals surface area (Å²) in [5.41, 5.74) is 1.65. The fourth-order valence-electron chi connectivity index (χ4n) is 6.35. The summed E-state index contributed by atoms with van der Waals surface area (Å²) < 4.78 is 30.0. The van der Waals surface area contributed by atoms with E-state index in [1.807, 2.05) is 18.2 Å². The molecule has 168 valence electrons. The van der Waals surface area contributed by atoms with Gasteiger partial charge in [0.15, 0.2) is 0 Å². The molecule has 4 atom stereocenters. The first-order valence-electron chi connectivity index (χ1n) is 12.6. The van der Waals surface area contributed by atoms with Gasteiger partial charge in [-0.3, -0.25) is 0 Å². The number of aryl methyl sites for hydroxylation is 1. The molecule has 2 fully saturated rings. The van der Waals surface area contributed by atoms with Crippen molar-refractivity contribution in [1.82, 2.24) is 0 Å². The summed E-state index contributed by atoms with van der Waals surface area (Å²) in [6.45, 7) is 6.01. The smallest absolute Gasteiger partial charge is 0.131 e. The van der Waals surface area contributed by atoms with E-state index in [2.05, 4.69) is 13.5 Å². The lowest BCUT2D eigenvalue weighted by Gasteiger charge is -2.42. The summed E-state index contributed by atoms with van der Waals surface area (Å²) in [6, 6.07) is 6.94. The second kappa shape index (κ2) is 10.3. The lowest BCUT2D eigenvalue weighted by molar-refractivity contribution is 0.112. The maximum absolute atomic E-state index is 15.1. The molecule has 2 aliphatic carbocycles. The molecule has 0 spiro atoms. The van der Waals surface area contributed by atoms with Crippen molar-refractivity contribution in [3.63, 3.8) is 0 Å². The van der Waals surface area contributed by atoms with Crippen LogP contribution >= 0.6 is 0 Å². The molecular formula is C29H38F2. The van der Waals surface area contributed by atoms with E-state index in [0.29, 0.717) is 10.8 Å². The number of rotatable bonds is 8. The Morgan fingerprint density at radius 3 is 2.55 bits per heavy atom. The Morgan fingerprint density at radius 1 is 0.935 bits per heavy atom. The molecule has 2 heteroatoms. The highest BCUT2D eigenvalue weighted by molar-refractivity contribution is 5.85. The zero-order valence-electron chi connectivity index (χ0n) is 19.1. The van der Waals surface area contributed by atoms with Crippen molar-refractivity contribution < 1.29 is 8.78 Å². The van der Waals surface area contributed by atoms with E-state index in [1.165, 1.54) is 51.4 Å². The predicted molar refractivity (Wildman–Crippen MR) is 127 cm³/mol. The Morgan fingerprint density at radius 2 is 1.74 bits per heavy atom. The van der Waals surface area contributed by atoms with Gasteiger partial charge in [0.25, 0.3) is 0 Å². The minimum absolute atomic E-state index is 0.149. The van der Waals surface area contributed by atoms with Crippen molar-refractivity contribution in [1.29, 1.82) is 0 Å². The molecule has 0 aliphatic heterocycles. The van der Waals surface area contributed by atoms with Gasteiger partial charge in [-0.15, -0.1) is 6.58 Å². The molecule has 2 saturated carbocycles. The van der Waals surface area contributed by atoms with E-state index < -0.39 is 0 Å². The number of allylic oxidation sites excluding steroid dienone is 1. The van der Waals surface area contributed by atoms with Gasteiger partial charge in [-0.05, 0) is 103 Å². The lowest BCUT2D eigenvalue weighted by atomic mass is 9.63. The number of hydrogen-bond donors (Lipinski definition) is 0. The molecule has 2 aliphatic rings. The van der Waals surface area contributed by atoms with Crippen molar-refractivity contribution in [2.75, 3.05) is 0 Å². The molecule has 0 saturated heterocycles. The molecule has 2 unspecified atom stereocenters. The molecule has 2 aromatic rings. The van der Waals surface area contributed by atoms with Gasteiger partial charge >= 0.3 is 0 Å². The van der Waals surface area contributed by atoms with E-state index in [0.717, 1.165) is 54.6 Å². The maximum Gasteiger partial charge on any atom is 0.131 e. The summed E-state index contributed by atoms with van der Waals surface area (Å²) in [6.07, 6.45) is 16.2. The average Bonchev–Trinajstić information content (AvgIpc) is 2.77. The van der Waals surface area contributed by atoms with Crippen LogP contribution in [0.25, 0.3) is 10.8 Å². The van der Waals surface area contributed by atoms with Gasteiger partial charge in [-0.1, -0.05) is 51.2 Å². The summed E-state index contributed by atoms with van der Waals surface area (Å²) >= 11 is 0. The van der Waals surface area contributed by atoms with Gasteiger partial charge in [0, 0.05) is 5.39 Å². The molecule has 0 aromatic heterocycles. The second-order valence-corrected chi connectivity index (χ2v) is 10.2. The highest BCUT2D eigenvalue weighted by atomic mass is 19.1. The van der Waals surface area contributed by atoms with Crippen LogP contribution in [0, 0.1) is 29.4 Å². The Balaban J connectivity index is 1.47. The normalized spacial score (nSPS) is 26.0. The summed E-state index contributed by atoms with van der Waals surface area (Å²) in [5, 5.41) is 1.25. The van der Waals surface area contributed by atoms with Gasteiger partial charge < -0.3 is 0 Å². The summed E-state index contributed by atoms with van der Waals surface area (Å²) in [4.78, 5) is 0. The van der Waals surface area contributed by atoms with Crippen LogP contribution in [0.2, 0.25) is 0 Å². The van der Waals surface area contributed by atoms with Gasteiger partial charge in [-0.25, -0.2) is 8.78 Å². The van der Waals surface area contributed by atoms with E-state index in [4.69, 9.17) is 0 Å². The third-order valence-corrected chi connectivity index (χ3v) is 8.09. The Kier molecular flexibility index (Phi) is 7.46. The molecule has 0 bridgehead atoms. The average molecular weight is 425 g/mol. The first kappa shape index (κ1) is 22.5. The molecule has 31 heavy (non-hydrogen) atoms. The molecule has 2 aromatic carbocycles. The largest absolute Gasteiger partial charge is 0.207 e. The van der Waals surface area contributed by atoms with E-state index >= 15 is 4.39 Å². The fraction of sp³-hybridized carbons (Fsp3) is 0.586. The molecular weight excluding hydrogens is 386 g/mol. The van der Waals surface area contributed by atoms with Crippen molar-refractivity contribution in [3.05, 3.63) is 59.7 Å². The molecule has 0 amide bonds. The third-order valence-electron chi connectivity index (χ3n) is 8.09. The number of fused-ring (bicyclic) bond motifs is 2. The molecule has 0 N–H and O–H groups in total. The standard InChI is InChI=1S/C29H38F2/c1-3-5-7-9-20-10-11-23-17-24(13-12-22(23)14-20)26-19-27-25(18-29(26)31)15-21(8-6-4-2)16-28(27)30/h4,15-16,18-20,22-24H,2-3,5-14,17H2,1H3/t20?,22-,23?,24-/m1/s1. The minimum atomic E-state index is -0.223. The van der Waals surface area contributed by atoms with Crippen molar-refractivity contribution in [2.45, 2.75) is 89.9 Å². The summed E-state index contributed by atoms with van der Waals surface area (Å²) in [7, 11) is 0. The zero-order chi connectivity index (χ0) is 21.8. The lowest BCUT2D eigenvalue weighted by Crippen LogP contribution is -2.30. The van der Waals surface area contributed by atoms with Gasteiger partial charge in [-0.2, -0.15) is 0 Å². The minimum Gasteiger partial charge on any atom is -0.207 e. The highest BCUT2D eigenvalue weighted by Crippen LogP contribution is 2.49. The van der Waals surface area contributed by atoms with Crippen molar-refractivity contribution in [2.24, 2.45) is 17.8 Å². The second-order valence-electron chi connectivity index (χ2n) is 10.2. The molecule has 0 nitrogen and oxygen atoms in total. The predicted octanol–water partition coefficient (Wildman–Crippen LogP) is 9.12. The molecule has 0 heterocycles. The SMILES string of the molecule is C=CCCc1cc(F)c2cc([C@@H]3CC[C@@H]4CC(CCCCC)CCC4C3)c(F)cc2c1. The fourth-order valence-corrected chi connectivity index (χ4v) is 6.35. The van der Waals surface area contributed by atoms with E-state index in [-0.39, 0.29) is 17.6 Å². The molecule has 4 rings (SSSR count). The summed E-state index contributed by atoms with van der Waals surface area (Å²) in [5.74, 6) is 2.32. The van der Waals surface area contributed by atoms with E-state index in [9.17, 15) is 4.39 Å². The maximum atomic E-state index is 15.1. The molecule has 0 radical (unpaired) electrons. The van der Waals surface area contributed by atoms with Gasteiger partial charge in [0.2, 0.25) is 0 Å². The van der Waals surface area contributed by atoms with Crippen LogP contribution in [0.4, 0.5) is 8.78 Å². The van der Waals surface area contributed by atoms with Crippen LogP contribution in [0.5, 0.6) is 0 Å². The zero-order valence-corrected chi connectivity index (χ0v) is 19.1. The Labute approximate surface area is 187 Å². The van der Waals surface area contributed by atoms with Crippen LogP contribution in [0.1, 0.15) is 94.6 Å². The third kappa shape index (κ3) is 5.21. The van der Waals surface area contributed by atoms with Crippen LogP contribution in [0.3, 0.4) is 0 Å². The van der Waals surface area contributed by atoms with Gasteiger partial charge in [0.1, 0.15) is 11.6 Å². The van der Waals surface area contributed by atoms with Crippen molar-refractivity contribution in [3.8, 4) is 0 Å². The van der Waals surface area contributed by atoms with Crippen LogP contribution in [-0.4, -0.2) is 0 Å². The number of hydrogen-bond acceptors (Lipinski definition) is 0. The van der Waals surface area contributed by atoms with Crippen LogP contribution < -0.4 is 0 Å². The topological polar surface area (TPSA) is 0 Å². The highest BCUT2D eigenvalue weighted by Gasteiger charge is 2.36. The number of halogens is 2. The quantitative estimate of drug-likeness (QED) is 0.293. The number of unbranched alkanes of at least 4 members (excludes halogenated alkanes) is 2. The first-order valence-corrected chi connectivity index (χ1v) is 12.6.